The van der Waals surface area contributed by atoms with Crippen LogP contribution >= 0.6 is 0 Å². The highest BCUT2D eigenvalue weighted by molar-refractivity contribution is 7.92. The summed E-state index contributed by atoms with van der Waals surface area (Å²) < 4.78 is 33.4. The molecule has 0 saturated carbocycles. The minimum atomic E-state index is -3.83. The van der Waals surface area contributed by atoms with Gasteiger partial charge >= 0.3 is 0 Å². The van der Waals surface area contributed by atoms with E-state index in [0.717, 1.165) is 31.2 Å². The third kappa shape index (κ3) is 2.82. The zero-order valence-corrected chi connectivity index (χ0v) is 15.0. The first-order chi connectivity index (χ1) is 12.5. The molecule has 2 aromatic carbocycles. The number of ether oxygens (including phenoxy) is 1. The van der Waals surface area contributed by atoms with Gasteiger partial charge in [0.15, 0.2) is 6.10 Å². The Labute approximate surface area is 152 Å². The summed E-state index contributed by atoms with van der Waals surface area (Å²) in [5, 5.41) is 0. The highest BCUT2D eigenvalue weighted by Crippen LogP contribution is 2.37. The summed E-state index contributed by atoms with van der Waals surface area (Å²) in [5.41, 5.74) is 8.10. The molecule has 1 heterocycles. The Bertz CT molecular complexity index is 971. The lowest BCUT2D eigenvalue weighted by Crippen LogP contribution is -2.49. The molecule has 2 aliphatic rings. The fourth-order valence-corrected chi connectivity index (χ4v) is 5.10. The summed E-state index contributed by atoms with van der Waals surface area (Å²) >= 11 is 0. The number of aryl methyl sites for hydroxylation is 2. The Morgan fingerprint density at radius 3 is 2.58 bits per heavy atom. The number of benzene rings is 2. The SMILES string of the molecule is NC(=O)C1CN(S(=O)(=O)c2ccc3c(c2)CCCC3)c2ccccc2O1. The van der Waals surface area contributed by atoms with Crippen molar-refractivity contribution in [2.45, 2.75) is 36.7 Å². The number of hydrogen-bond acceptors (Lipinski definition) is 4. The minimum absolute atomic E-state index is 0.133. The van der Waals surface area contributed by atoms with Crippen LogP contribution in [0.3, 0.4) is 0 Å². The number of para-hydroxylation sites is 2. The first-order valence-electron chi connectivity index (χ1n) is 8.66. The van der Waals surface area contributed by atoms with E-state index < -0.39 is 22.0 Å². The lowest BCUT2D eigenvalue weighted by atomic mass is 9.92. The van der Waals surface area contributed by atoms with Gasteiger partial charge in [-0.15, -0.1) is 0 Å². The fourth-order valence-electron chi connectivity index (χ4n) is 3.58. The van der Waals surface area contributed by atoms with Gasteiger partial charge in [0, 0.05) is 0 Å². The monoisotopic (exact) mass is 372 g/mol. The fraction of sp³-hybridized carbons (Fsp3) is 0.316. The predicted molar refractivity (Wildman–Crippen MR) is 97.7 cm³/mol. The van der Waals surface area contributed by atoms with Crippen LogP contribution in [0.1, 0.15) is 24.0 Å². The second-order valence-electron chi connectivity index (χ2n) is 6.65. The van der Waals surface area contributed by atoms with Crippen molar-refractivity contribution in [2.75, 3.05) is 10.8 Å². The molecule has 7 heteroatoms. The molecule has 1 aliphatic carbocycles. The largest absolute Gasteiger partial charge is 0.476 e. The van der Waals surface area contributed by atoms with Crippen LogP contribution in [0.4, 0.5) is 5.69 Å². The average molecular weight is 372 g/mol. The highest BCUT2D eigenvalue weighted by Gasteiger charge is 2.36. The van der Waals surface area contributed by atoms with Gasteiger partial charge < -0.3 is 10.5 Å². The van der Waals surface area contributed by atoms with E-state index in [1.807, 2.05) is 6.07 Å². The number of amides is 1. The standard InChI is InChI=1S/C19H20N2O4S/c20-19(22)18-12-21(16-7-3-4-8-17(16)25-18)26(23,24)15-10-9-13-5-1-2-6-14(13)11-15/h3-4,7-11,18H,1-2,5-6,12H2,(H2,20,22). The van der Waals surface area contributed by atoms with Gasteiger partial charge in [0.05, 0.1) is 17.1 Å². The van der Waals surface area contributed by atoms with Gasteiger partial charge in [-0.1, -0.05) is 18.2 Å². The third-order valence-corrected chi connectivity index (χ3v) is 6.74. The molecule has 0 saturated heterocycles. The molecule has 1 atom stereocenters. The van der Waals surface area contributed by atoms with Gasteiger partial charge in [-0.05, 0) is 61.1 Å². The second-order valence-corrected chi connectivity index (χ2v) is 8.51. The van der Waals surface area contributed by atoms with Crippen molar-refractivity contribution in [1.29, 1.82) is 0 Å². The van der Waals surface area contributed by atoms with E-state index in [-0.39, 0.29) is 11.4 Å². The highest BCUT2D eigenvalue weighted by atomic mass is 32.2. The Balaban J connectivity index is 1.78. The molecular formula is C19H20N2O4S. The van der Waals surface area contributed by atoms with E-state index in [1.54, 1.807) is 36.4 Å². The Kier molecular flexibility index (Phi) is 4.11. The van der Waals surface area contributed by atoms with E-state index in [1.165, 1.54) is 9.87 Å². The molecule has 136 valence electrons. The van der Waals surface area contributed by atoms with Crippen molar-refractivity contribution in [3.8, 4) is 5.75 Å². The molecule has 0 bridgehead atoms. The van der Waals surface area contributed by atoms with E-state index in [0.29, 0.717) is 11.4 Å². The first kappa shape index (κ1) is 16.9. The number of primary amides is 1. The molecule has 2 N–H and O–H groups in total. The molecule has 1 aliphatic heterocycles. The van der Waals surface area contributed by atoms with Gasteiger partial charge in [0.1, 0.15) is 5.75 Å². The second kappa shape index (κ2) is 6.32. The van der Waals surface area contributed by atoms with Crippen LogP contribution in [-0.4, -0.2) is 27.0 Å². The van der Waals surface area contributed by atoms with Crippen molar-refractivity contribution in [3.05, 3.63) is 53.6 Å². The Morgan fingerprint density at radius 1 is 1.08 bits per heavy atom. The predicted octanol–water partition coefficient (Wildman–Crippen LogP) is 2.01. The number of sulfonamides is 1. The van der Waals surface area contributed by atoms with Crippen molar-refractivity contribution in [3.63, 3.8) is 0 Å². The van der Waals surface area contributed by atoms with Crippen LogP contribution < -0.4 is 14.8 Å². The summed E-state index contributed by atoms with van der Waals surface area (Å²) in [6.07, 6.45) is 3.07. The van der Waals surface area contributed by atoms with Crippen LogP contribution in [0.2, 0.25) is 0 Å². The summed E-state index contributed by atoms with van der Waals surface area (Å²) in [6.45, 7) is -0.133. The van der Waals surface area contributed by atoms with Crippen LogP contribution in [-0.2, 0) is 27.7 Å². The maximum Gasteiger partial charge on any atom is 0.264 e. The number of carbonyl (C=O) groups is 1. The molecule has 6 nitrogen and oxygen atoms in total. The molecular weight excluding hydrogens is 352 g/mol. The van der Waals surface area contributed by atoms with E-state index in [2.05, 4.69) is 0 Å². The lowest BCUT2D eigenvalue weighted by molar-refractivity contribution is -0.124. The Morgan fingerprint density at radius 2 is 1.81 bits per heavy atom. The first-order valence-corrected chi connectivity index (χ1v) is 10.1. The number of rotatable bonds is 3. The molecule has 0 spiro atoms. The van der Waals surface area contributed by atoms with Crippen LogP contribution in [0.15, 0.2) is 47.4 Å². The maximum atomic E-state index is 13.3. The zero-order chi connectivity index (χ0) is 18.3. The summed E-state index contributed by atoms with van der Waals surface area (Å²) in [7, 11) is -3.83. The average Bonchev–Trinajstić information content (AvgIpc) is 2.66. The smallest absolute Gasteiger partial charge is 0.264 e. The van der Waals surface area contributed by atoms with E-state index in [4.69, 9.17) is 10.5 Å². The number of nitrogens with two attached hydrogens (primary N) is 1. The van der Waals surface area contributed by atoms with Gasteiger partial charge in [0.2, 0.25) is 0 Å². The molecule has 26 heavy (non-hydrogen) atoms. The van der Waals surface area contributed by atoms with Gasteiger partial charge in [-0.3, -0.25) is 9.10 Å². The number of anilines is 1. The van der Waals surface area contributed by atoms with Gasteiger partial charge in [-0.2, -0.15) is 0 Å². The van der Waals surface area contributed by atoms with Crippen molar-refractivity contribution < 1.29 is 17.9 Å². The molecule has 2 aromatic rings. The van der Waals surface area contributed by atoms with Crippen molar-refractivity contribution in [2.24, 2.45) is 5.73 Å². The summed E-state index contributed by atoms with van der Waals surface area (Å²) in [4.78, 5) is 11.9. The van der Waals surface area contributed by atoms with Crippen LogP contribution in [0, 0.1) is 0 Å². The number of hydrogen-bond donors (Lipinski definition) is 1. The normalized spacial score (nSPS) is 19.2. The van der Waals surface area contributed by atoms with Gasteiger partial charge in [0.25, 0.3) is 15.9 Å². The topological polar surface area (TPSA) is 89.7 Å². The summed E-state index contributed by atoms with van der Waals surface area (Å²) in [5.74, 6) is -0.353. The van der Waals surface area contributed by atoms with Crippen LogP contribution in [0.25, 0.3) is 0 Å². The quantitative estimate of drug-likeness (QED) is 0.892. The molecule has 4 rings (SSSR count). The van der Waals surface area contributed by atoms with E-state index >= 15 is 0 Å². The van der Waals surface area contributed by atoms with E-state index in [9.17, 15) is 13.2 Å². The maximum absolute atomic E-state index is 13.3. The Hall–Kier alpha value is -2.54. The zero-order valence-electron chi connectivity index (χ0n) is 14.2. The summed E-state index contributed by atoms with van der Waals surface area (Å²) in [6, 6.07) is 12.1. The van der Waals surface area contributed by atoms with Crippen LogP contribution in [0.5, 0.6) is 5.75 Å². The third-order valence-electron chi connectivity index (χ3n) is 4.96. The molecule has 0 aromatic heterocycles. The van der Waals surface area contributed by atoms with Crippen molar-refractivity contribution >= 4 is 21.6 Å². The molecule has 1 amide bonds. The number of nitrogens with zero attached hydrogens (tertiary/aromatic N) is 1. The number of fused-ring (bicyclic) bond motifs is 2. The molecule has 1 unspecified atom stereocenters. The minimum Gasteiger partial charge on any atom is -0.476 e. The lowest BCUT2D eigenvalue weighted by Gasteiger charge is -2.34. The van der Waals surface area contributed by atoms with Crippen molar-refractivity contribution in [1.82, 2.24) is 0 Å². The molecule has 0 fully saturated rings. The number of carbonyl (C=O) groups excluding carboxylic acids is 1. The van der Waals surface area contributed by atoms with Gasteiger partial charge in [-0.25, -0.2) is 8.42 Å². The molecule has 0 radical (unpaired) electrons.